The van der Waals surface area contributed by atoms with Crippen LogP contribution in [0.2, 0.25) is 0 Å². The van der Waals surface area contributed by atoms with Gasteiger partial charge in [-0.3, -0.25) is 4.79 Å². The van der Waals surface area contributed by atoms with E-state index >= 15 is 0 Å². The third kappa shape index (κ3) is 4.71. The Bertz CT molecular complexity index is 806. The lowest BCUT2D eigenvalue weighted by Crippen LogP contribution is -2.42. The molecule has 1 atom stereocenters. The number of alkyl halides is 2. The molecule has 2 N–H and O–H groups in total. The Morgan fingerprint density at radius 3 is 2.04 bits per heavy atom. The highest BCUT2D eigenvalue weighted by Crippen LogP contribution is 2.26. The molecule has 0 saturated carbocycles. The van der Waals surface area contributed by atoms with Crippen LogP contribution in [0, 0.1) is 5.92 Å². The largest absolute Gasteiger partial charge is 0.480 e. The van der Waals surface area contributed by atoms with Gasteiger partial charge in [-0.05, 0) is 24.5 Å². The van der Waals surface area contributed by atoms with Crippen molar-refractivity contribution in [1.29, 1.82) is 0 Å². The quantitative estimate of drug-likeness (QED) is 0.700. The molecule has 136 valence electrons. The number of nitrogens with one attached hydrogen (secondary N) is 1. The van der Waals surface area contributed by atoms with Gasteiger partial charge in [0, 0.05) is 0 Å². The number of halogens is 2. The summed E-state index contributed by atoms with van der Waals surface area (Å²) in [5.74, 6) is -5.44. The highest BCUT2D eigenvalue weighted by Gasteiger charge is 2.34. The van der Waals surface area contributed by atoms with E-state index in [-0.39, 0.29) is 12.3 Å². The summed E-state index contributed by atoms with van der Waals surface area (Å²) in [5.41, 5.74) is 0. The fraction of sp³-hybridized carbons (Fsp3) is 0.462. The predicted molar refractivity (Wildman–Crippen MR) is 80.8 cm³/mol. The van der Waals surface area contributed by atoms with Crippen molar-refractivity contribution in [3.05, 3.63) is 24.3 Å². The van der Waals surface area contributed by atoms with Crippen molar-refractivity contribution in [2.75, 3.05) is 0 Å². The first-order valence-corrected chi connectivity index (χ1v) is 9.78. The van der Waals surface area contributed by atoms with Crippen molar-refractivity contribution in [2.45, 2.75) is 41.9 Å². The molecule has 0 aliphatic rings. The smallest absolute Gasteiger partial charge is 0.341 e. The molecular formula is C13H17F2NO6S2. The normalized spacial score (nSPS) is 14.1. The standard InChI is InChI=1S/C13H17F2NO6S2/c1-8(2)7-9(12(17)18)16-24(21,22)11-6-4-3-5-10(11)23(19,20)13(14)15/h3-6,8-9,13,16H,7H2,1-2H3,(H,17,18)/t9-/m1/s1. The zero-order chi connectivity index (χ0) is 18.7. The first kappa shape index (κ1) is 20.5. The molecule has 0 radical (unpaired) electrons. The first-order chi connectivity index (χ1) is 10.9. The van der Waals surface area contributed by atoms with Crippen LogP contribution >= 0.6 is 0 Å². The van der Waals surface area contributed by atoms with E-state index in [1.807, 2.05) is 4.72 Å². The number of aliphatic carboxylic acids is 1. The molecule has 0 amide bonds. The van der Waals surface area contributed by atoms with Crippen LogP contribution in [0.4, 0.5) is 8.78 Å². The molecule has 11 heteroatoms. The van der Waals surface area contributed by atoms with Gasteiger partial charge in [-0.15, -0.1) is 0 Å². The predicted octanol–water partition coefficient (Wildman–Crippen LogP) is 1.46. The Labute approximate surface area is 138 Å². The van der Waals surface area contributed by atoms with Gasteiger partial charge in [0.05, 0.1) is 4.90 Å². The highest BCUT2D eigenvalue weighted by atomic mass is 32.2. The second-order valence-corrected chi connectivity index (χ2v) is 8.96. The Morgan fingerprint density at radius 1 is 1.12 bits per heavy atom. The minimum Gasteiger partial charge on any atom is -0.480 e. The molecule has 0 aromatic heterocycles. The van der Waals surface area contributed by atoms with E-state index in [4.69, 9.17) is 5.11 Å². The third-order valence-electron chi connectivity index (χ3n) is 2.98. The first-order valence-electron chi connectivity index (χ1n) is 6.75. The average Bonchev–Trinajstić information content (AvgIpc) is 2.45. The number of benzene rings is 1. The average molecular weight is 385 g/mol. The van der Waals surface area contributed by atoms with Gasteiger partial charge in [-0.25, -0.2) is 16.8 Å². The fourth-order valence-corrected chi connectivity index (χ4v) is 4.70. The zero-order valence-corrected chi connectivity index (χ0v) is 14.4. The summed E-state index contributed by atoms with van der Waals surface area (Å²) in [6.45, 7) is 3.33. The van der Waals surface area contributed by atoms with Crippen LogP contribution in [-0.2, 0) is 24.7 Å². The van der Waals surface area contributed by atoms with Gasteiger partial charge in [0.1, 0.15) is 10.9 Å². The Morgan fingerprint density at radius 2 is 1.62 bits per heavy atom. The Balaban J connectivity index is 3.37. The highest BCUT2D eigenvalue weighted by molar-refractivity contribution is 7.94. The number of carboxylic acids is 1. The maximum Gasteiger partial charge on any atom is 0.341 e. The second kappa shape index (κ2) is 7.53. The third-order valence-corrected chi connectivity index (χ3v) is 6.08. The molecule has 0 aliphatic carbocycles. The summed E-state index contributed by atoms with van der Waals surface area (Å²) >= 11 is 0. The summed E-state index contributed by atoms with van der Waals surface area (Å²) in [6, 6.07) is 2.28. The summed E-state index contributed by atoms with van der Waals surface area (Å²) in [7, 11) is -9.81. The fourth-order valence-electron chi connectivity index (χ4n) is 1.92. The topological polar surface area (TPSA) is 118 Å². The number of sulfonamides is 1. The van der Waals surface area contributed by atoms with Gasteiger partial charge < -0.3 is 5.11 Å². The van der Waals surface area contributed by atoms with Crippen LogP contribution in [-0.4, -0.2) is 39.7 Å². The maximum atomic E-state index is 12.7. The molecule has 1 aromatic rings. The lowest BCUT2D eigenvalue weighted by atomic mass is 10.1. The minimum atomic E-state index is -5.17. The van der Waals surface area contributed by atoms with E-state index < -0.39 is 47.4 Å². The van der Waals surface area contributed by atoms with Crippen LogP contribution < -0.4 is 4.72 Å². The van der Waals surface area contributed by atoms with Crippen LogP contribution in [0.3, 0.4) is 0 Å². The lowest BCUT2D eigenvalue weighted by Gasteiger charge is -2.18. The van der Waals surface area contributed by atoms with Gasteiger partial charge in [-0.1, -0.05) is 26.0 Å². The molecule has 0 fully saturated rings. The van der Waals surface area contributed by atoms with Crippen molar-refractivity contribution in [3.63, 3.8) is 0 Å². The number of hydrogen-bond donors (Lipinski definition) is 2. The van der Waals surface area contributed by atoms with Gasteiger partial charge >= 0.3 is 11.7 Å². The van der Waals surface area contributed by atoms with Crippen molar-refractivity contribution in [1.82, 2.24) is 4.72 Å². The summed E-state index contributed by atoms with van der Waals surface area (Å²) in [5, 5.41) is 9.08. The number of hydrogen-bond acceptors (Lipinski definition) is 5. The van der Waals surface area contributed by atoms with E-state index in [1.165, 1.54) is 0 Å². The minimum absolute atomic E-state index is 0.0572. The molecular weight excluding hydrogens is 368 g/mol. The van der Waals surface area contributed by atoms with Gasteiger partial charge in [0.25, 0.3) is 0 Å². The molecule has 0 bridgehead atoms. The Kier molecular flexibility index (Phi) is 6.42. The van der Waals surface area contributed by atoms with Crippen molar-refractivity contribution in [3.8, 4) is 0 Å². The molecule has 1 aromatic carbocycles. The van der Waals surface area contributed by atoms with Crippen molar-refractivity contribution in [2.24, 2.45) is 5.92 Å². The molecule has 0 spiro atoms. The van der Waals surface area contributed by atoms with E-state index in [0.29, 0.717) is 0 Å². The molecule has 0 unspecified atom stereocenters. The van der Waals surface area contributed by atoms with Crippen LogP contribution in [0.1, 0.15) is 20.3 Å². The summed E-state index contributed by atoms with van der Waals surface area (Å²) in [4.78, 5) is 9.17. The molecule has 0 heterocycles. The van der Waals surface area contributed by atoms with E-state index in [9.17, 15) is 30.4 Å². The lowest BCUT2D eigenvalue weighted by molar-refractivity contribution is -0.139. The molecule has 7 nitrogen and oxygen atoms in total. The van der Waals surface area contributed by atoms with Gasteiger partial charge in [0.15, 0.2) is 0 Å². The summed E-state index contributed by atoms with van der Waals surface area (Å²) in [6.07, 6.45) is -0.0572. The molecule has 0 aliphatic heterocycles. The van der Waals surface area contributed by atoms with Gasteiger partial charge in [-0.2, -0.15) is 13.5 Å². The second-order valence-electron chi connectivity index (χ2n) is 5.39. The molecule has 1 rings (SSSR count). The number of carboxylic acid groups (broad SMARTS) is 1. The maximum absolute atomic E-state index is 12.7. The van der Waals surface area contributed by atoms with E-state index in [1.54, 1.807) is 13.8 Å². The van der Waals surface area contributed by atoms with Gasteiger partial charge in [0.2, 0.25) is 19.9 Å². The van der Waals surface area contributed by atoms with Crippen LogP contribution in [0.15, 0.2) is 34.1 Å². The van der Waals surface area contributed by atoms with E-state index in [2.05, 4.69) is 0 Å². The Hall–Kier alpha value is -1.59. The van der Waals surface area contributed by atoms with Crippen molar-refractivity contribution < 1.29 is 35.5 Å². The van der Waals surface area contributed by atoms with Crippen LogP contribution in [0.5, 0.6) is 0 Å². The number of rotatable bonds is 8. The summed E-state index contributed by atoms with van der Waals surface area (Å²) < 4.78 is 75.3. The van der Waals surface area contributed by atoms with Crippen molar-refractivity contribution >= 4 is 25.8 Å². The number of sulfone groups is 1. The number of carbonyl (C=O) groups is 1. The molecule has 24 heavy (non-hydrogen) atoms. The van der Waals surface area contributed by atoms with Crippen LogP contribution in [0.25, 0.3) is 0 Å². The zero-order valence-electron chi connectivity index (χ0n) is 12.8. The monoisotopic (exact) mass is 385 g/mol. The SMILES string of the molecule is CC(C)C[C@@H](NS(=O)(=O)c1ccccc1S(=O)(=O)C(F)F)C(=O)O. The molecule has 0 saturated heterocycles. The van der Waals surface area contributed by atoms with E-state index in [0.717, 1.165) is 24.3 Å².